The van der Waals surface area contributed by atoms with E-state index in [2.05, 4.69) is 15.4 Å². The summed E-state index contributed by atoms with van der Waals surface area (Å²) in [6, 6.07) is 11.9. The van der Waals surface area contributed by atoms with Crippen LogP contribution < -0.4 is 15.9 Å². The van der Waals surface area contributed by atoms with Crippen molar-refractivity contribution in [3.05, 3.63) is 70.2 Å². The van der Waals surface area contributed by atoms with Gasteiger partial charge in [0.15, 0.2) is 5.84 Å². The highest BCUT2D eigenvalue weighted by Gasteiger charge is 2.49. The maximum Gasteiger partial charge on any atom is 0.255 e. The van der Waals surface area contributed by atoms with Gasteiger partial charge in [0.05, 0.1) is 18.2 Å². The molecule has 38 heavy (non-hydrogen) atoms. The van der Waals surface area contributed by atoms with Gasteiger partial charge in [-0.2, -0.15) is 0 Å². The SMILES string of the molecule is CS(=O)(=O)N[C@H]1CCCC[C@@H]1N1C(=O)c2ccccc2[C@@H](C(=O)NOC/C(N)=N/O)[C@@H]1c1ccc(Cl)cc1. The maximum atomic E-state index is 14.1. The van der Waals surface area contributed by atoms with Gasteiger partial charge in [0.25, 0.3) is 11.8 Å². The van der Waals surface area contributed by atoms with E-state index in [1.165, 1.54) is 0 Å². The van der Waals surface area contributed by atoms with E-state index in [-0.39, 0.29) is 18.3 Å². The first-order valence-electron chi connectivity index (χ1n) is 12.1. The third-order valence-corrected chi connectivity index (χ3v) is 7.83. The van der Waals surface area contributed by atoms with Gasteiger partial charge in [-0.05, 0) is 42.2 Å². The number of oxime groups is 1. The molecule has 2 aromatic carbocycles. The van der Waals surface area contributed by atoms with Crippen molar-refractivity contribution in [3.8, 4) is 0 Å². The van der Waals surface area contributed by atoms with Crippen molar-refractivity contribution < 1.29 is 28.1 Å². The molecule has 204 valence electrons. The molecule has 11 nitrogen and oxygen atoms in total. The zero-order chi connectivity index (χ0) is 27.4. The summed E-state index contributed by atoms with van der Waals surface area (Å²) in [5.41, 5.74) is 9.32. The van der Waals surface area contributed by atoms with Crippen LogP contribution in [-0.2, 0) is 19.7 Å². The molecular formula is C25H30ClN5O6S. The summed E-state index contributed by atoms with van der Waals surface area (Å²) in [6.45, 7) is -0.353. The Morgan fingerprint density at radius 1 is 1.18 bits per heavy atom. The second-order valence-corrected chi connectivity index (χ2v) is 11.7. The molecule has 4 atom stereocenters. The Morgan fingerprint density at radius 2 is 1.87 bits per heavy atom. The number of rotatable bonds is 8. The summed E-state index contributed by atoms with van der Waals surface area (Å²) in [7, 11) is -3.56. The van der Waals surface area contributed by atoms with Crippen molar-refractivity contribution in [1.29, 1.82) is 0 Å². The predicted molar refractivity (Wildman–Crippen MR) is 141 cm³/mol. The van der Waals surface area contributed by atoms with Crippen LogP contribution in [-0.4, -0.2) is 61.1 Å². The highest BCUT2D eigenvalue weighted by molar-refractivity contribution is 7.88. The van der Waals surface area contributed by atoms with Crippen molar-refractivity contribution in [2.24, 2.45) is 10.9 Å². The van der Waals surface area contributed by atoms with Crippen LogP contribution in [0.4, 0.5) is 0 Å². The number of nitrogens with two attached hydrogens (primary N) is 1. The molecule has 0 bridgehead atoms. The smallest absolute Gasteiger partial charge is 0.255 e. The van der Waals surface area contributed by atoms with Gasteiger partial charge in [-0.1, -0.05) is 59.9 Å². The van der Waals surface area contributed by atoms with E-state index in [1.807, 2.05) is 0 Å². The number of fused-ring (bicyclic) bond motifs is 1. The fourth-order valence-electron chi connectivity index (χ4n) is 5.34. The molecule has 1 aliphatic carbocycles. The number of hydrogen-bond acceptors (Lipinski definition) is 7. The summed E-state index contributed by atoms with van der Waals surface area (Å²) in [5.74, 6) is -2.01. The lowest BCUT2D eigenvalue weighted by atomic mass is 9.76. The van der Waals surface area contributed by atoms with Crippen molar-refractivity contribution in [1.82, 2.24) is 15.1 Å². The Kier molecular flexibility index (Phi) is 8.56. The summed E-state index contributed by atoms with van der Waals surface area (Å²) in [4.78, 5) is 34.6. The number of hydroxylamine groups is 1. The van der Waals surface area contributed by atoms with E-state index in [0.717, 1.165) is 19.1 Å². The molecule has 2 aromatic rings. The van der Waals surface area contributed by atoms with Gasteiger partial charge in [-0.25, -0.2) is 18.6 Å². The number of nitrogens with zero attached hydrogens (tertiary/aromatic N) is 2. The molecule has 1 fully saturated rings. The lowest BCUT2D eigenvalue weighted by molar-refractivity contribution is -0.136. The van der Waals surface area contributed by atoms with Gasteiger partial charge < -0.3 is 15.8 Å². The summed E-state index contributed by atoms with van der Waals surface area (Å²) in [6.07, 6.45) is 3.80. The molecule has 1 heterocycles. The molecule has 1 aliphatic heterocycles. The second kappa shape index (κ2) is 11.7. The van der Waals surface area contributed by atoms with Crippen molar-refractivity contribution >= 4 is 39.3 Å². The largest absolute Gasteiger partial charge is 0.409 e. The Balaban J connectivity index is 1.83. The number of carbonyl (C=O) groups is 2. The van der Waals surface area contributed by atoms with Gasteiger partial charge >= 0.3 is 0 Å². The van der Waals surface area contributed by atoms with E-state index < -0.39 is 40.0 Å². The van der Waals surface area contributed by atoms with Crippen molar-refractivity contribution in [2.45, 2.75) is 49.7 Å². The van der Waals surface area contributed by atoms with E-state index in [4.69, 9.17) is 27.4 Å². The summed E-state index contributed by atoms with van der Waals surface area (Å²) in [5, 5.41) is 12.1. The van der Waals surface area contributed by atoms with E-state index in [9.17, 15) is 18.0 Å². The molecule has 0 aromatic heterocycles. The average Bonchev–Trinajstić information content (AvgIpc) is 2.88. The molecule has 13 heteroatoms. The molecular weight excluding hydrogens is 534 g/mol. The quantitative estimate of drug-likeness (QED) is 0.166. The van der Waals surface area contributed by atoms with E-state index >= 15 is 0 Å². The number of halogens is 1. The Hall–Kier alpha value is -3.19. The van der Waals surface area contributed by atoms with Crippen molar-refractivity contribution in [2.75, 3.05) is 12.9 Å². The molecule has 5 N–H and O–H groups in total. The third-order valence-electron chi connectivity index (χ3n) is 6.84. The van der Waals surface area contributed by atoms with Crippen LogP contribution in [0.5, 0.6) is 0 Å². The first-order chi connectivity index (χ1) is 18.1. The minimum absolute atomic E-state index is 0.239. The molecule has 0 unspecified atom stereocenters. The van der Waals surface area contributed by atoms with E-state index in [1.54, 1.807) is 53.4 Å². The van der Waals surface area contributed by atoms with Crippen LogP contribution in [0.2, 0.25) is 5.02 Å². The molecule has 2 amide bonds. The lowest BCUT2D eigenvalue weighted by Crippen LogP contribution is -2.59. The zero-order valence-corrected chi connectivity index (χ0v) is 22.3. The van der Waals surface area contributed by atoms with Crippen LogP contribution in [0.3, 0.4) is 0 Å². The van der Waals surface area contributed by atoms with Gasteiger partial charge in [-0.3, -0.25) is 14.4 Å². The first kappa shape index (κ1) is 27.8. The van der Waals surface area contributed by atoms with Gasteiger partial charge in [0.1, 0.15) is 6.61 Å². The van der Waals surface area contributed by atoms with Gasteiger partial charge in [0.2, 0.25) is 10.0 Å². The predicted octanol–water partition coefficient (Wildman–Crippen LogP) is 2.28. The van der Waals surface area contributed by atoms with Gasteiger partial charge in [0, 0.05) is 22.7 Å². The molecule has 0 radical (unpaired) electrons. The highest BCUT2D eigenvalue weighted by atomic mass is 35.5. The molecule has 0 spiro atoms. The average molecular weight is 564 g/mol. The zero-order valence-electron chi connectivity index (χ0n) is 20.7. The second-order valence-electron chi connectivity index (χ2n) is 9.47. The number of amidine groups is 1. The number of hydrogen-bond donors (Lipinski definition) is 4. The van der Waals surface area contributed by atoms with E-state index in [0.29, 0.717) is 34.6 Å². The monoisotopic (exact) mass is 563 g/mol. The minimum atomic E-state index is -3.56. The number of carbonyl (C=O) groups excluding carboxylic acids is 2. The third kappa shape index (κ3) is 6.09. The van der Waals surface area contributed by atoms with Crippen LogP contribution in [0.25, 0.3) is 0 Å². The van der Waals surface area contributed by atoms with Crippen LogP contribution in [0, 0.1) is 0 Å². The van der Waals surface area contributed by atoms with Crippen LogP contribution >= 0.6 is 11.6 Å². The minimum Gasteiger partial charge on any atom is -0.409 e. The Labute approximate surface area is 226 Å². The number of benzene rings is 2. The fraction of sp³-hybridized carbons (Fsp3) is 0.400. The molecule has 1 saturated carbocycles. The Morgan fingerprint density at radius 3 is 2.55 bits per heavy atom. The normalized spacial score (nSPS) is 24.1. The first-order valence-corrected chi connectivity index (χ1v) is 14.4. The number of nitrogens with one attached hydrogen (secondary N) is 2. The lowest BCUT2D eigenvalue weighted by Gasteiger charge is -2.49. The fourth-order valence-corrected chi connectivity index (χ4v) is 6.29. The summed E-state index contributed by atoms with van der Waals surface area (Å²) >= 11 is 6.15. The van der Waals surface area contributed by atoms with Crippen molar-refractivity contribution in [3.63, 3.8) is 0 Å². The van der Waals surface area contributed by atoms with Crippen LogP contribution in [0.1, 0.15) is 59.1 Å². The summed E-state index contributed by atoms with van der Waals surface area (Å²) < 4.78 is 27.1. The standard InChI is InChI=1S/C25H30ClN5O6S/c1-38(35,36)30-19-8-4-5-9-20(19)31-23(15-10-12-16(26)13-11-15)22(24(32)29-37-14-21(27)28-34)17-6-2-3-7-18(17)25(31)33/h2-3,6-7,10-13,19-20,22-23,30,34H,4-5,8-9,14H2,1H3,(H2,27,28)(H,29,32)/t19-,20-,22+,23-/m0/s1. The molecule has 4 rings (SSSR count). The van der Waals surface area contributed by atoms with Crippen LogP contribution in [0.15, 0.2) is 53.7 Å². The highest BCUT2D eigenvalue weighted by Crippen LogP contribution is 2.46. The topological polar surface area (TPSA) is 163 Å². The Bertz CT molecular complexity index is 1320. The molecule has 0 saturated heterocycles. The number of amides is 2. The number of sulfonamides is 1. The maximum absolute atomic E-state index is 14.1. The van der Waals surface area contributed by atoms with Gasteiger partial charge in [-0.15, -0.1) is 0 Å². The molecule has 2 aliphatic rings.